The van der Waals surface area contributed by atoms with Crippen LogP contribution in [0.1, 0.15) is 35.6 Å². The fraction of sp³-hybridized carbons (Fsp3) is 0.474. The highest BCUT2D eigenvalue weighted by molar-refractivity contribution is 5.42. The Hall–Kier alpha value is -2.01. The normalized spacial score (nSPS) is 23.1. The summed E-state index contributed by atoms with van der Waals surface area (Å²) in [5, 5.41) is 0. The molecule has 4 nitrogen and oxygen atoms in total. The average molecular weight is 326 g/mol. The maximum Gasteiger partial charge on any atom is 0.225 e. The van der Waals surface area contributed by atoms with Gasteiger partial charge in [0.15, 0.2) is 0 Å². The Balaban J connectivity index is 1.61. The Kier molecular flexibility index (Phi) is 3.96. The molecule has 0 spiro atoms. The van der Waals surface area contributed by atoms with E-state index in [1.807, 2.05) is 18.3 Å². The summed E-state index contributed by atoms with van der Waals surface area (Å²) in [5.74, 6) is 0.911. The molecule has 24 heavy (non-hydrogen) atoms. The third-order valence-electron chi connectivity index (χ3n) is 5.37. The van der Waals surface area contributed by atoms with Gasteiger partial charge < -0.3 is 9.80 Å². The second-order valence-electron chi connectivity index (χ2n) is 7.08. The summed E-state index contributed by atoms with van der Waals surface area (Å²) in [7, 11) is 4.25. The van der Waals surface area contributed by atoms with Gasteiger partial charge >= 0.3 is 0 Å². The highest BCUT2D eigenvalue weighted by atomic mass is 19.1. The molecule has 0 radical (unpaired) electrons. The summed E-state index contributed by atoms with van der Waals surface area (Å²) in [6, 6.07) is 7.41. The van der Waals surface area contributed by atoms with Gasteiger partial charge in [-0.1, -0.05) is 12.1 Å². The van der Waals surface area contributed by atoms with Crippen LogP contribution in [0.4, 0.5) is 10.3 Å². The van der Waals surface area contributed by atoms with Crippen molar-refractivity contribution < 1.29 is 4.39 Å². The summed E-state index contributed by atoms with van der Waals surface area (Å²) < 4.78 is 13.2. The van der Waals surface area contributed by atoms with Gasteiger partial charge in [0.1, 0.15) is 5.82 Å². The SMILES string of the molecule is CN(C)C1CCN(c2ncc3c(n2)C(c2ccc(F)cc2)CC3)C1. The second kappa shape index (κ2) is 6.13. The average Bonchev–Trinajstić information content (AvgIpc) is 3.22. The minimum absolute atomic E-state index is 0.188. The molecule has 2 heterocycles. The standard InChI is InChI=1S/C19H23FN4/c1-23(2)16-9-10-24(12-16)19-21-11-14-5-8-17(18(14)22-19)13-3-6-15(20)7-4-13/h3-4,6-7,11,16-17H,5,8-10,12H2,1-2H3. The second-order valence-corrected chi connectivity index (χ2v) is 7.08. The van der Waals surface area contributed by atoms with Gasteiger partial charge in [-0.2, -0.15) is 0 Å². The highest BCUT2D eigenvalue weighted by Crippen LogP contribution is 2.37. The van der Waals surface area contributed by atoms with Gasteiger partial charge in [0.05, 0.1) is 5.69 Å². The molecule has 1 saturated heterocycles. The zero-order valence-electron chi connectivity index (χ0n) is 14.2. The Morgan fingerprint density at radius 2 is 1.96 bits per heavy atom. The molecule has 126 valence electrons. The number of hydrogen-bond donors (Lipinski definition) is 0. The largest absolute Gasteiger partial charge is 0.339 e. The molecule has 1 fully saturated rings. The Bertz CT molecular complexity index is 729. The van der Waals surface area contributed by atoms with Crippen LogP contribution in [0.2, 0.25) is 0 Å². The number of anilines is 1. The van der Waals surface area contributed by atoms with Crippen LogP contribution in [0.5, 0.6) is 0 Å². The van der Waals surface area contributed by atoms with Crippen molar-refractivity contribution in [2.45, 2.75) is 31.2 Å². The van der Waals surface area contributed by atoms with Crippen molar-refractivity contribution in [2.24, 2.45) is 0 Å². The molecule has 1 aromatic carbocycles. The number of aromatic nitrogens is 2. The number of likely N-dealkylation sites (N-methyl/N-ethyl adjacent to an activating group) is 1. The van der Waals surface area contributed by atoms with E-state index >= 15 is 0 Å². The first-order valence-corrected chi connectivity index (χ1v) is 8.64. The van der Waals surface area contributed by atoms with Crippen LogP contribution in [0.25, 0.3) is 0 Å². The number of hydrogen-bond acceptors (Lipinski definition) is 4. The fourth-order valence-corrected chi connectivity index (χ4v) is 3.86. The summed E-state index contributed by atoms with van der Waals surface area (Å²) in [6.07, 6.45) is 5.16. The predicted octanol–water partition coefficient (Wildman–Crippen LogP) is 2.83. The Labute approximate surface area is 142 Å². The zero-order chi connectivity index (χ0) is 16.7. The number of rotatable bonds is 3. The molecule has 0 bridgehead atoms. The van der Waals surface area contributed by atoms with Crippen molar-refractivity contribution in [3.63, 3.8) is 0 Å². The van der Waals surface area contributed by atoms with Crippen LogP contribution in [0.3, 0.4) is 0 Å². The van der Waals surface area contributed by atoms with Crippen LogP contribution >= 0.6 is 0 Å². The van der Waals surface area contributed by atoms with Gasteiger partial charge in [-0.3, -0.25) is 0 Å². The van der Waals surface area contributed by atoms with Gasteiger partial charge in [-0.15, -0.1) is 0 Å². The quantitative estimate of drug-likeness (QED) is 0.868. The van der Waals surface area contributed by atoms with Crippen molar-refractivity contribution >= 4 is 5.95 Å². The van der Waals surface area contributed by atoms with Crippen molar-refractivity contribution in [1.82, 2.24) is 14.9 Å². The lowest BCUT2D eigenvalue weighted by molar-refractivity contribution is 0.315. The van der Waals surface area contributed by atoms with E-state index < -0.39 is 0 Å². The number of nitrogens with zero attached hydrogens (tertiary/aromatic N) is 4. The number of fused-ring (bicyclic) bond motifs is 1. The van der Waals surface area contributed by atoms with E-state index in [1.54, 1.807) is 0 Å². The number of aryl methyl sites for hydroxylation is 1. The first-order chi connectivity index (χ1) is 11.6. The molecule has 1 aromatic heterocycles. The van der Waals surface area contributed by atoms with E-state index in [-0.39, 0.29) is 11.7 Å². The van der Waals surface area contributed by atoms with Gasteiger partial charge in [0.2, 0.25) is 5.95 Å². The van der Waals surface area contributed by atoms with Crippen molar-refractivity contribution in [1.29, 1.82) is 0 Å². The third kappa shape index (κ3) is 2.77. The van der Waals surface area contributed by atoms with E-state index in [1.165, 1.54) is 17.7 Å². The maximum atomic E-state index is 13.2. The summed E-state index contributed by atoms with van der Waals surface area (Å²) in [5.41, 5.74) is 3.50. The molecule has 5 heteroatoms. The molecule has 4 rings (SSSR count). The molecule has 0 N–H and O–H groups in total. The van der Waals surface area contributed by atoms with Crippen LogP contribution in [-0.4, -0.2) is 48.1 Å². The van der Waals surface area contributed by atoms with Crippen molar-refractivity contribution in [3.8, 4) is 0 Å². The lowest BCUT2D eigenvalue weighted by Crippen LogP contribution is -2.32. The van der Waals surface area contributed by atoms with E-state index in [9.17, 15) is 4.39 Å². The zero-order valence-corrected chi connectivity index (χ0v) is 14.2. The summed E-state index contributed by atoms with van der Waals surface area (Å²) in [6.45, 7) is 1.98. The van der Waals surface area contributed by atoms with Gasteiger partial charge in [0, 0.05) is 31.2 Å². The minimum Gasteiger partial charge on any atom is -0.339 e. The molecular formula is C19H23FN4. The smallest absolute Gasteiger partial charge is 0.225 e. The van der Waals surface area contributed by atoms with Crippen LogP contribution < -0.4 is 4.90 Å². The molecule has 0 amide bonds. The Morgan fingerprint density at radius 1 is 1.17 bits per heavy atom. The van der Waals surface area contributed by atoms with E-state index in [0.717, 1.165) is 49.6 Å². The lowest BCUT2D eigenvalue weighted by Gasteiger charge is -2.21. The van der Waals surface area contributed by atoms with Gasteiger partial charge in [0.25, 0.3) is 0 Å². The van der Waals surface area contributed by atoms with E-state index in [0.29, 0.717) is 6.04 Å². The maximum absolute atomic E-state index is 13.2. The molecule has 2 unspecified atom stereocenters. The van der Waals surface area contributed by atoms with Crippen LogP contribution in [0, 0.1) is 5.82 Å². The predicted molar refractivity (Wildman–Crippen MR) is 92.9 cm³/mol. The Morgan fingerprint density at radius 3 is 2.67 bits per heavy atom. The molecule has 1 aliphatic heterocycles. The first kappa shape index (κ1) is 15.5. The number of halogens is 1. The third-order valence-corrected chi connectivity index (χ3v) is 5.37. The van der Waals surface area contributed by atoms with E-state index in [4.69, 9.17) is 4.98 Å². The van der Waals surface area contributed by atoms with Crippen molar-refractivity contribution in [2.75, 3.05) is 32.1 Å². The topological polar surface area (TPSA) is 32.3 Å². The van der Waals surface area contributed by atoms with Crippen LogP contribution in [0.15, 0.2) is 30.5 Å². The minimum atomic E-state index is -0.188. The summed E-state index contributed by atoms with van der Waals surface area (Å²) in [4.78, 5) is 14.1. The molecule has 2 atom stereocenters. The molecular weight excluding hydrogens is 303 g/mol. The summed E-state index contributed by atoms with van der Waals surface area (Å²) >= 11 is 0. The molecule has 2 aliphatic rings. The highest BCUT2D eigenvalue weighted by Gasteiger charge is 2.30. The number of benzene rings is 1. The van der Waals surface area contributed by atoms with Crippen molar-refractivity contribution in [3.05, 3.63) is 53.1 Å². The molecule has 2 aromatic rings. The van der Waals surface area contributed by atoms with Gasteiger partial charge in [-0.05, 0) is 56.6 Å². The monoisotopic (exact) mass is 326 g/mol. The van der Waals surface area contributed by atoms with E-state index in [2.05, 4.69) is 28.9 Å². The van der Waals surface area contributed by atoms with Crippen LogP contribution in [-0.2, 0) is 6.42 Å². The fourth-order valence-electron chi connectivity index (χ4n) is 3.86. The molecule has 0 saturated carbocycles. The first-order valence-electron chi connectivity index (χ1n) is 8.64. The lowest BCUT2D eigenvalue weighted by atomic mass is 9.97. The van der Waals surface area contributed by atoms with Gasteiger partial charge in [-0.25, -0.2) is 14.4 Å². The molecule has 1 aliphatic carbocycles.